The van der Waals surface area contributed by atoms with Crippen LogP contribution in [0, 0.1) is 10.1 Å². The largest absolute Gasteiger partial charge is 0.463 e. The number of carbonyl (C=O) groups excluding carboxylic acids is 1. The van der Waals surface area contributed by atoms with Gasteiger partial charge in [-0.05, 0) is 39.3 Å². The van der Waals surface area contributed by atoms with Crippen molar-refractivity contribution in [1.82, 2.24) is 5.06 Å². The molecule has 0 spiro atoms. The van der Waals surface area contributed by atoms with E-state index in [1.807, 2.05) is 6.92 Å². The lowest BCUT2D eigenvalue weighted by molar-refractivity contribution is -0.384. The van der Waals surface area contributed by atoms with Crippen LogP contribution in [0.5, 0.6) is 0 Å². The van der Waals surface area contributed by atoms with E-state index in [1.54, 1.807) is 20.8 Å². The Hall–Kier alpha value is -2.48. The molecule has 8 nitrogen and oxygen atoms in total. The maximum absolute atomic E-state index is 12.7. The van der Waals surface area contributed by atoms with Crippen LogP contribution in [-0.2, 0) is 4.84 Å². The normalized spacial score (nSPS) is 12.5. The quantitative estimate of drug-likeness (QED) is 0.429. The molecule has 1 aromatic carbocycles. The highest BCUT2D eigenvalue weighted by atomic mass is 16.7. The fraction of sp³-hybridized carbons (Fsp3) is 0.529. The van der Waals surface area contributed by atoms with Crippen LogP contribution in [0.4, 0.5) is 10.5 Å². The van der Waals surface area contributed by atoms with Crippen LogP contribution in [0.1, 0.15) is 57.3 Å². The zero-order valence-corrected chi connectivity index (χ0v) is 14.9. The van der Waals surface area contributed by atoms with E-state index >= 15 is 0 Å². The molecular formula is C17H24N2O6. The van der Waals surface area contributed by atoms with Crippen LogP contribution in [0.3, 0.4) is 0 Å². The standard InChI is InChI=1S/C17H24N2O6/c1-5-6-7-14(25-18(16(21)22)17(2,3)4)15(20)12-8-10-13(11-9-12)19(23)24/h8-11,14H,5-7H2,1-4H3,(H,21,22). The van der Waals surface area contributed by atoms with Gasteiger partial charge in [-0.15, -0.1) is 0 Å². The van der Waals surface area contributed by atoms with Crippen LogP contribution in [0.2, 0.25) is 0 Å². The molecule has 0 saturated heterocycles. The molecule has 0 aromatic heterocycles. The number of unbranched alkanes of at least 4 members (excludes halogenated alkanes) is 1. The second-order valence-electron chi connectivity index (χ2n) is 6.65. The van der Waals surface area contributed by atoms with Crippen molar-refractivity contribution in [2.75, 3.05) is 0 Å². The maximum atomic E-state index is 12.7. The number of amides is 1. The van der Waals surface area contributed by atoms with Crippen LogP contribution in [0.15, 0.2) is 24.3 Å². The van der Waals surface area contributed by atoms with Gasteiger partial charge in [0.25, 0.3) is 5.69 Å². The Morgan fingerprint density at radius 2 is 1.84 bits per heavy atom. The molecule has 1 unspecified atom stereocenters. The first-order chi connectivity index (χ1) is 11.6. The molecule has 0 radical (unpaired) electrons. The van der Waals surface area contributed by atoms with E-state index in [1.165, 1.54) is 24.3 Å². The molecule has 1 aromatic rings. The number of nitro benzene ring substituents is 1. The van der Waals surface area contributed by atoms with E-state index in [9.17, 15) is 24.8 Å². The molecule has 0 aliphatic carbocycles. The number of non-ortho nitro benzene ring substituents is 1. The highest BCUT2D eigenvalue weighted by Gasteiger charge is 2.33. The number of rotatable bonds is 8. The summed E-state index contributed by atoms with van der Waals surface area (Å²) in [6.45, 7) is 6.93. The maximum Gasteiger partial charge on any atom is 0.432 e. The lowest BCUT2D eigenvalue weighted by Crippen LogP contribution is -2.48. The number of carbonyl (C=O) groups is 2. The second kappa shape index (κ2) is 8.57. The van der Waals surface area contributed by atoms with Gasteiger partial charge in [0.05, 0.1) is 10.5 Å². The van der Waals surface area contributed by atoms with Gasteiger partial charge in [-0.25, -0.2) is 4.79 Å². The number of Topliss-reactive ketones (excluding diaryl/α,β-unsaturated/α-hetero) is 1. The molecule has 0 aliphatic heterocycles. The molecule has 0 aliphatic rings. The molecular weight excluding hydrogens is 328 g/mol. The van der Waals surface area contributed by atoms with Gasteiger partial charge in [-0.2, -0.15) is 5.06 Å². The zero-order chi connectivity index (χ0) is 19.2. The van der Waals surface area contributed by atoms with Gasteiger partial charge in [0.1, 0.15) is 6.10 Å². The van der Waals surface area contributed by atoms with Gasteiger partial charge >= 0.3 is 6.09 Å². The summed E-state index contributed by atoms with van der Waals surface area (Å²) in [6, 6.07) is 5.18. The molecule has 1 N–H and O–H groups in total. The molecule has 0 fully saturated rings. The van der Waals surface area contributed by atoms with Crippen molar-refractivity contribution in [3.8, 4) is 0 Å². The number of nitrogens with zero attached hydrogens (tertiary/aromatic N) is 2. The number of hydrogen-bond donors (Lipinski definition) is 1. The first kappa shape index (κ1) is 20.6. The number of hydroxylamine groups is 2. The summed E-state index contributed by atoms with van der Waals surface area (Å²) < 4.78 is 0. The van der Waals surface area contributed by atoms with Crippen LogP contribution in [-0.4, -0.2) is 38.6 Å². The van der Waals surface area contributed by atoms with E-state index < -0.39 is 28.4 Å². The minimum atomic E-state index is -1.29. The second-order valence-corrected chi connectivity index (χ2v) is 6.65. The third kappa shape index (κ3) is 5.82. The van der Waals surface area contributed by atoms with Crippen molar-refractivity contribution in [3.63, 3.8) is 0 Å². The Bertz CT molecular complexity index is 621. The summed E-state index contributed by atoms with van der Waals surface area (Å²) in [5, 5.41) is 20.8. The molecule has 0 bridgehead atoms. The van der Waals surface area contributed by atoms with Gasteiger partial charge in [-0.1, -0.05) is 19.8 Å². The number of nitro groups is 1. The summed E-state index contributed by atoms with van der Waals surface area (Å²) >= 11 is 0. The van der Waals surface area contributed by atoms with E-state index in [0.717, 1.165) is 11.5 Å². The van der Waals surface area contributed by atoms with Crippen LogP contribution in [0.25, 0.3) is 0 Å². The Morgan fingerprint density at radius 1 is 1.28 bits per heavy atom. The van der Waals surface area contributed by atoms with Gasteiger partial charge in [0.15, 0.2) is 5.78 Å². The predicted molar refractivity (Wildman–Crippen MR) is 91.4 cm³/mol. The molecule has 1 amide bonds. The first-order valence-electron chi connectivity index (χ1n) is 8.06. The summed E-state index contributed by atoms with van der Waals surface area (Å²) in [6.07, 6.45) is -0.411. The Morgan fingerprint density at radius 3 is 2.24 bits per heavy atom. The minimum absolute atomic E-state index is 0.121. The molecule has 138 valence electrons. The van der Waals surface area contributed by atoms with Gasteiger partial charge < -0.3 is 5.11 Å². The molecule has 8 heteroatoms. The van der Waals surface area contributed by atoms with Crippen LogP contribution >= 0.6 is 0 Å². The summed E-state index contributed by atoms with van der Waals surface area (Å²) in [5.74, 6) is -0.404. The van der Waals surface area contributed by atoms with Crippen molar-refractivity contribution in [1.29, 1.82) is 0 Å². The number of carboxylic acid groups (broad SMARTS) is 1. The molecule has 25 heavy (non-hydrogen) atoms. The van der Waals surface area contributed by atoms with Gasteiger partial charge in [0.2, 0.25) is 0 Å². The van der Waals surface area contributed by atoms with E-state index in [-0.39, 0.29) is 11.3 Å². The Kier molecular flexibility index (Phi) is 7.05. The third-order valence-corrected chi connectivity index (χ3v) is 3.49. The van der Waals surface area contributed by atoms with E-state index in [2.05, 4.69) is 0 Å². The highest BCUT2D eigenvalue weighted by molar-refractivity contribution is 5.99. The molecule has 0 saturated carbocycles. The van der Waals surface area contributed by atoms with E-state index in [0.29, 0.717) is 12.8 Å². The lowest BCUT2D eigenvalue weighted by Gasteiger charge is -2.34. The van der Waals surface area contributed by atoms with Crippen LogP contribution < -0.4 is 0 Å². The van der Waals surface area contributed by atoms with Gasteiger partial charge in [0, 0.05) is 17.7 Å². The SMILES string of the molecule is CCCCC(ON(C(=O)O)C(C)(C)C)C(=O)c1ccc([N+](=O)[O-])cc1. The zero-order valence-electron chi connectivity index (χ0n) is 14.9. The smallest absolute Gasteiger partial charge is 0.432 e. The fourth-order valence-corrected chi connectivity index (χ4v) is 2.17. The van der Waals surface area contributed by atoms with Crippen molar-refractivity contribution < 1.29 is 24.5 Å². The summed E-state index contributed by atoms with van der Waals surface area (Å²) in [5.41, 5.74) is -0.720. The van der Waals surface area contributed by atoms with E-state index in [4.69, 9.17) is 4.84 Å². The minimum Gasteiger partial charge on any atom is -0.463 e. The Labute approximate surface area is 146 Å². The summed E-state index contributed by atoms with van der Waals surface area (Å²) in [7, 11) is 0. The number of ketones is 1. The monoisotopic (exact) mass is 352 g/mol. The third-order valence-electron chi connectivity index (χ3n) is 3.49. The summed E-state index contributed by atoms with van der Waals surface area (Å²) in [4.78, 5) is 39.8. The topological polar surface area (TPSA) is 110 Å². The average Bonchev–Trinajstić information content (AvgIpc) is 2.53. The Balaban J connectivity index is 3.05. The average molecular weight is 352 g/mol. The van der Waals surface area contributed by atoms with Crippen molar-refractivity contribution in [2.45, 2.75) is 58.6 Å². The highest BCUT2D eigenvalue weighted by Crippen LogP contribution is 2.21. The molecule has 0 heterocycles. The van der Waals surface area contributed by atoms with Crippen molar-refractivity contribution in [3.05, 3.63) is 39.9 Å². The predicted octanol–water partition coefficient (Wildman–Crippen LogP) is 4.05. The molecule has 1 atom stereocenters. The lowest BCUT2D eigenvalue weighted by atomic mass is 10.0. The number of hydrogen-bond acceptors (Lipinski definition) is 5. The first-order valence-corrected chi connectivity index (χ1v) is 8.06. The van der Waals surface area contributed by atoms with Crippen molar-refractivity contribution >= 4 is 17.6 Å². The molecule has 1 rings (SSSR count). The number of benzene rings is 1. The van der Waals surface area contributed by atoms with Gasteiger partial charge in [-0.3, -0.25) is 19.7 Å². The van der Waals surface area contributed by atoms with Crippen molar-refractivity contribution in [2.24, 2.45) is 0 Å². The fourth-order valence-electron chi connectivity index (χ4n) is 2.17.